The summed E-state index contributed by atoms with van der Waals surface area (Å²) in [5.41, 5.74) is 1.69. The number of rotatable bonds is 0. The fourth-order valence-corrected chi connectivity index (χ4v) is 2.23. The number of halogens is 3. The zero-order chi connectivity index (χ0) is 10.3. The Morgan fingerprint density at radius 2 is 2.00 bits per heavy atom. The van der Waals surface area contributed by atoms with Crippen LogP contribution >= 0.6 is 31.9 Å². The van der Waals surface area contributed by atoms with Gasteiger partial charge in [-0.15, -0.1) is 0 Å². The number of pyridine rings is 1. The molecule has 0 atom stereocenters. The lowest BCUT2D eigenvalue weighted by Gasteiger charge is -2.04. The minimum Gasteiger partial charge on any atom is -0.252 e. The summed E-state index contributed by atoms with van der Waals surface area (Å²) in [5.74, 6) is -0.282. The summed E-state index contributed by atoms with van der Waals surface area (Å²) in [7, 11) is 0. The molecule has 1 heterocycles. The molecule has 0 amide bonds. The summed E-state index contributed by atoms with van der Waals surface area (Å²) in [4.78, 5) is 4.33. The van der Waals surface area contributed by atoms with Crippen molar-refractivity contribution in [1.29, 1.82) is 0 Å². The highest BCUT2D eigenvalue weighted by atomic mass is 79.9. The summed E-state index contributed by atoms with van der Waals surface area (Å²) < 4.78 is 14.4. The first-order valence-corrected chi connectivity index (χ1v) is 5.59. The number of nitrogens with zero attached hydrogens (tertiary/aromatic N) is 1. The Hall–Kier alpha value is -0.480. The van der Waals surface area contributed by atoms with Crippen molar-refractivity contribution in [2.75, 3.05) is 0 Å². The predicted molar refractivity (Wildman–Crippen MR) is 61.8 cm³/mol. The lowest BCUT2D eigenvalue weighted by Crippen LogP contribution is -1.88. The molecule has 0 aliphatic heterocycles. The van der Waals surface area contributed by atoms with Crippen molar-refractivity contribution in [2.45, 2.75) is 6.92 Å². The van der Waals surface area contributed by atoms with Crippen molar-refractivity contribution in [3.05, 3.63) is 38.7 Å². The summed E-state index contributed by atoms with van der Waals surface area (Å²) in [6, 6.07) is 5.13. The minimum absolute atomic E-state index is 0.282. The quantitative estimate of drug-likeness (QED) is 0.663. The van der Waals surface area contributed by atoms with Gasteiger partial charge in [-0.25, -0.2) is 4.39 Å². The fraction of sp³-hybridized carbons (Fsp3) is 0.100. The molecule has 0 radical (unpaired) electrons. The molecule has 2 rings (SSSR count). The summed E-state index contributed by atoms with van der Waals surface area (Å²) >= 11 is 6.50. The van der Waals surface area contributed by atoms with E-state index in [9.17, 15) is 4.39 Å². The van der Waals surface area contributed by atoms with E-state index in [4.69, 9.17) is 0 Å². The fourth-order valence-electron chi connectivity index (χ4n) is 1.29. The first kappa shape index (κ1) is 10.1. The first-order chi connectivity index (χ1) is 6.59. The molecule has 72 valence electrons. The largest absolute Gasteiger partial charge is 0.252 e. The molecule has 0 spiro atoms. The second-order valence-corrected chi connectivity index (χ2v) is 4.65. The Labute approximate surface area is 97.6 Å². The van der Waals surface area contributed by atoms with Crippen LogP contribution in [0.3, 0.4) is 0 Å². The van der Waals surface area contributed by atoms with Crippen LogP contribution in [0.15, 0.2) is 27.1 Å². The van der Waals surface area contributed by atoms with Crippen LogP contribution in [-0.2, 0) is 0 Å². The molecule has 14 heavy (non-hydrogen) atoms. The van der Waals surface area contributed by atoms with Crippen LogP contribution in [0.2, 0.25) is 0 Å². The molecule has 0 N–H and O–H groups in total. The van der Waals surface area contributed by atoms with E-state index in [-0.39, 0.29) is 5.82 Å². The average Bonchev–Trinajstić information content (AvgIpc) is 2.14. The van der Waals surface area contributed by atoms with Crippen LogP contribution < -0.4 is 0 Å². The van der Waals surface area contributed by atoms with Crippen molar-refractivity contribution in [3.63, 3.8) is 0 Å². The van der Waals surface area contributed by atoms with E-state index in [1.807, 2.05) is 19.1 Å². The molecule has 0 fully saturated rings. The van der Waals surface area contributed by atoms with Crippen molar-refractivity contribution < 1.29 is 4.39 Å². The molecule has 0 bridgehead atoms. The maximum atomic E-state index is 13.3. The Morgan fingerprint density at radius 3 is 2.71 bits per heavy atom. The van der Waals surface area contributed by atoms with Crippen molar-refractivity contribution in [1.82, 2.24) is 4.98 Å². The summed E-state index contributed by atoms with van der Waals surface area (Å²) in [6.45, 7) is 1.91. The van der Waals surface area contributed by atoms with Gasteiger partial charge in [0.25, 0.3) is 0 Å². The number of benzene rings is 1. The van der Waals surface area contributed by atoms with Gasteiger partial charge in [-0.05, 0) is 57.0 Å². The number of aromatic nitrogens is 1. The van der Waals surface area contributed by atoms with Crippen LogP contribution in [0.25, 0.3) is 10.9 Å². The van der Waals surface area contributed by atoms with Gasteiger partial charge in [-0.3, -0.25) is 4.98 Å². The van der Waals surface area contributed by atoms with Crippen molar-refractivity contribution in [3.8, 4) is 0 Å². The minimum atomic E-state index is -0.282. The zero-order valence-corrected chi connectivity index (χ0v) is 10.5. The third-order valence-corrected chi connectivity index (χ3v) is 3.37. The van der Waals surface area contributed by atoms with E-state index in [2.05, 4.69) is 36.8 Å². The van der Waals surface area contributed by atoms with Crippen LogP contribution in [0, 0.1) is 12.7 Å². The molecule has 0 aliphatic rings. The highest BCUT2D eigenvalue weighted by Crippen LogP contribution is 2.31. The molecule has 0 saturated heterocycles. The van der Waals surface area contributed by atoms with Gasteiger partial charge in [-0.1, -0.05) is 0 Å². The van der Waals surface area contributed by atoms with E-state index in [0.29, 0.717) is 8.95 Å². The van der Waals surface area contributed by atoms with Gasteiger partial charge in [0, 0.05) is 15.6 Å². The van der Waals surface area contributed by atoms with Gasteiger partial charge in [-0.2, -0.15) is 0 Å². The van der Waals surface area contributed by atoms with Gasteiger partial charge in [0.15, 0.2) is 0 Å². The van der Waals surface area contributed by atoms with Gasteiger partial charge in [0.2, 0.25) is 0 Å². The van der Waals surface area contributed by atoms with E-state index in [1.165, 1.54) is 6.07 Å². The Kier molecular flexibility index (Phi) is 2.58. The lowest BCUT2D eigenvalue weighted by molar-refractivity contribution is 0.622. The first-order valence-electron chi connectivity index (χ1n) is 4.00. The Balaban J connectivity index is 2.94. The zero-order valence-electron chi connectivity index (χ0n) is 7.31. The van der Waals surface area contributed by atoms with Crippen LogP contribution in [0.4, 0.5) is 4.39 Å². The van der Waals surface area contributed by atoms with E-state index >= 15 is 0 Å². The molecular formula is C10H6Br2FN. The summed E-state index contributed by atoms with van der Waals surface area (Å²) in [5, 5.41) is 0.780. The van der Waals surface area contributed by atoms with Gasteiger partial charge in [0.1, 0.15) is 5.82 Å². The van der Waals surface area contributed by atoms with Crippen molar-refractivity contribution in [2.24, 2.45) is 0 Å². The van der Waals surface area contributed by atoms with Crippen molar-refractivity contribution >= 4 is 42.8 Å². The third kappa shape index (κ3) is 1.57. The number of hydrogen-bond donors (Lipinski definition) is 0. The SMILES string of the molecule is Cc1ccc2c(Br)c(F)cc(Br)c2n1. The molecule has 0 saturated carbocycles. The Bertz CT molecular complexity index is 511. The van der Waals surface area contributed by atoms with Gasteiger partial charge >= 0.3 is 0 Å². The van der Waals surface area contributed by atoms with Gasteiger partial charge in [0.05, 0.1) is 9.99 Å². The second-order valence-electron chi connectivity index (χ2n) is 3.00. The van der Waals surface area contributed by atoms with Gasteiger partial charge < -0.3 is 0 Å². The van der Waals surface area contributed by atoms with Crippen LogP contribution in [-0.4, -0.2) is 4.98 Å². The lowest BCUT2D eigenvalue weighted by atomic mass is 10.2. The van der Waals surface area contributed by atoms with Crippen LogP contribution in [0.1, 0.15) is 5.69 Å². The number of fused-ring (bicyclic) bond motifs is 1. The third-order valence-electron chi connectivity index (χ3n) is 1.96. The monoisotopic (exact) mass is 317 g/mol. The highest BCUT2D eigenvalue weighted by Gasteiger charge is 2.09. The number of hydrogen-bond acceptors (Lipinski definition) is 1. The molecular weight excluding hydrogens is 313 g/mol. The van der Waals surface area contributed by atoms with Crippen LogP contribution in [0.5, 0.6) is 0 Å². The van der Waals surface area contributed by atoms with E-state index in [0.717, 1.165) is 16.6 Å². The molecule has 0 aliphatic carbocycles. The molecule has 0 unspecified atom stereocenters. The second kappa shape index (κ2) is 3.59. The topological polar surface area (TPSA) is 12.9 Å². The molecule has 2 aromatic rings. The maximum absolute atomic E-state index is 13.3. The molecule has 1 aromatic carbocycles. The predicted octanol–water partition coefficient (Wildman–Crippen LogP) is 4.21. The summed E-state index contributed by atoms with van der Waals surface area (Å²) in [6.07, 6.45) is 0. The average molecular weight is 319 g/mol. The normalized spacial score (nSPS) is 10.9. The van der Waals surface area contributed by atoms with E-state index in [1.54, 1.807) is 0 Å². The number of aryl methyl sites for hydroxylation is 1. The maximum Gasteiger partial charge on any atom is 0.139 e. The molecule has 1 aromatic heterocycles. The molecule has 4 heteroatoms. The van der Waals surface area contributed by atoms with E-state index < -0.39 is 0 Å². The highest BCUT2D eigenvalue weighted by molar-refractivity contribution is 9.11. The smallest absolute Gasteiger partial charge is 0.139 e. The standard InChI is InChI=1S/C10H6Br2FN/c1-5-2-3-6-9(12)8(13)4-7(11)10(6)14-5/h2-4H,1H3. The Morgan fingerprint density at radius 1 is 1.29 bits per heavy atom. The molecule has 1 nitrogen and oxygen atoms in total.